The first-order valence-electron chi connectivity index (χ1n) is 1.10. The predicted octanol–water partition coefficient (Wildman–Crippen LogP) is 0.882. The summed E-state index contributed by atoms with van der Waals surface area (Å²) in [6.45, 7) is 0. The van der Waals surface area contributed by atoms with Gasteiger partial charge in [0.2, 0.25) is 5.96 Å². The zero-order chi connectivity index (χ0) is 5.15. The van der Waals surface area contributed by atoms with E-state index in [1.807, 2.05) is 45.7 Å². The molecule has 0 saturated carbocycles. The smallest absolute Gasteiger partial charge is 0.206 e. The minimum Gasteiger partial charge on any atom is -0.369 e. The highest BCUT2D eigenvalue weighted by atomic mass is 127. The standard InChI is InChI=1S/CH3I2N3/c2-6(3)1(4)5/h(H3,4,5). The van der Waals surface area contributed by atoms with Crippen molar-refractivity contribution >= 4 is 51.7 Å². The third-order valence-corrected chi connectivity index (χ3v) is 1.22. The lowest BCUT2D eigenvalue weighted by atomic mass is 11.1. The molecule has 0 spiro atoms. The number of nitrogens with zero attached hydrogens (tertiary/aromatic N) is 1. The van der Waals surface area contributed by atoms with Crippen molar-refractivity contribution < 1.29 is 0 Å². The van der Waals surface area contributed by atoms with Crippen LogP contribution in [0.25, 0.3) is 0 Å². The van der Waals surface area contributed by atoms with Gasteiger partial charge in [-0.1, -0.05) is 0 Å². The molecule has 6 heavy (non-hydrogen) atoms. The van der Waals surface area contributed by atoms with Gasteiger partial charge in [0, 0.05) is 0 Å². The summed E-state index contributed by atoms with van der Waals surface area (Å²) in [5.41, 5.74) is 4.93. The van der Waals surface area contributed by atoms with Crippen LogP contribution >= 0.6 is 45.7 Å². The van der Waals surface area contributed by atoms with Crippen molar-refractivity contribution in [3.8, 4) is 0 Å². The summed E-state index contributed by atoms with van der Waals surface area (Å²) in [5, 5.41) is 6.64. The highest BCUT2D eigenvalue weighted by Gasteiger charge is 1.88. The van der Waals surface area contributed by atoms with Gasteiger partial charge in [0.25, 0.3) is 0 Å². The zero-order valence-electron chi connectivity index (χ0n) is 2.78. The van der Waals surface area contributed by atoms with Crippen LogP contribution in [0.4, 0.5) is 0 Å². The molecule has 0 fully saturated rings. The fourth-order valence-electron chi connectivity index (χ4n) is 0. The average Bonchev–Trinajstić information content (AvgIpc) is 1.36. The average molecular weight is 311 g/mol. The Bertz CT molecular complexity index is 59.8. The first kappa shape index (κ1) is 6.73. The molecule has 0 aliphatic heterocycles. The second kappa shape index (κ2) is 2.83. The molecule has 0 amide bonds. The molecule has 36 valence electrons. The molecule has 3 nitrogen and oxygen atoms in total. The second-order valence-electron chi connectivity index (χ2n) is 0.618. The number of hydrogen-bond acceptors (Lipinski definition) is 1. The van der Waals surface area contributed by atoms with E-state index < -0.39 is 0 Å². The molecule has 0 aliphatic carbocycles. The highest BCUT2D eigenvalue weighted by Crippen LogP contribution is 2.03. The SMILES string of the molecule is N=C(N)N(I)I. The largest absolute Gasteiger partial charge is 0.369 e. The first-order valence-corrected chi connectivity index (χ1v) is 3.03. The van der Waals surface area contributed by atoms with Crippen molar-refractivity contribution in [2.45, 2.75) is 0 Å². The summed E-state index contributed by atoms with van der Waals surface area (Å²) >= 11 is 3.81. The molecule has 0 atom stereocenters. The quantitative estimate of drug-likeness (QED) is 0.302. The lowest BCUT2D eigenvalue weighted by Gasteiger charge is -1.98. The van der Waals surface area contributed by atoms with E-state index >= 15 is 0 Å². The Labute approximate surface area is 63.8 Å². The molecule has 5 heteroatoms. The zero-order valence-corrected chi connectivity index (χ0v) is 7.10. The van der Waals surface area contributed by atoms with Crippen LogP contribution < -0.4 is 5.73 Å². The minimum atomic E-state index is 0.0659. The number of rotatable bonds is 0. The van der Waals surface area contributed by atoms with Gasteiger partial charge in [-0.2, -0.15) is 0 Å². The predicted molar refractivity (Wildman–Crippen MR) is 41.8 cm³/mol. The van der Waals surface area contributed by atoms with Crippen LogP contribution in [0.1, 0.15) is 0 Å². The van der Waals surface area contributed by atoms with Crippen molar-refractivity contribution in [2.24, 2.45) is 5.73 Å². The second-order valence-corrected chi connectivity index (χ2v) is 4.39. The van der Waals surface area contributed by atoms with E-state index in [-0.39, 0.29) is 5.96 Å². The van der Waals surface area contributed by atoms with Crippen molar-refractivity contribution in [3.63, 3.8) is 0 Å². The van der Waals surface area contributed by atoms with Crippen molar-refractivity contribution in [3.05, 3.63) is 0 Å². The first-order chi connectivity index (χ1) is 2.64. The van der Waals surface area contributed by atoms with E-state index in [1.165, 1.54) is 1.33 Å². The fourth-order valence-corrected chi connectivity index (χ4v) is 0. The van der Waals surface area contributed by atoms with E-state index in [0.717, 1.165) is 0 Å². The molecule has 0 bridgehead atoms. The Hall–Kier alpha value is 0.730. The van der Waals surface area contributed by atoms with Gasteiger partial charge in [0.1, 0.15) is 0 Å². The van der Waals surface area contributed by atoms with Crippen LogP contribution in [-0.4, -0.2) is 7.29 Å². The molecular formula is CH3I2N3. The summed E-state index contributed by atoms with van der Waals surface area (Å²) in [6, 6.07) is 0. The molecule has 0 saturated heterocycles. The Morgan fingerprint density at radius 3 is 1.83 bits per heavy atom. The van der Waals surface area contributed by atoms with Crippen LogP contribution in [0, 0.1) is 5.41 Å². The number of nitrogens with two attached hydrogens (primary N) is 1. The normalized spacial score (nSPS) is 7.67. The minimum absolute atomic E-state index is 0.0659. The monoisotopic (exact) mass is 311 g/mol. The van der Waals surface area contributed by atoms with E-state index in [4.69, 9.17) is 11.1 Å². The summed E-state index contributed by atoms with van der Waals surface area (Å²) in [6.07, 6.45) is 0. The topological polar surface area (TPSA) is 53.1 Å². The van der Waals surface area contributed by atoms with Crippen LogP contribution in [-0.2, 0) is 0 Å². The van der Waals surface area contributed by atoms with Gasteiger partial charge >= 0.3 is 0 Å². The Kier molecular flexibility index (Phi) is 3.17. The maximum absolute atomic E-state index is 6.64. The van der Waals surface area contributed by atoms with Crippen LogP contribution in [0.5, 0.6) is 0 Å². The highest BCUT2D eigenvalue weighted by molar-refractivity contribution is 14.2. The molecule has 0 unspecified atom stereocenters. The van der Waals surface area contributed by atoms with Gasteiger partial charge in [0.15, 0.2) is 0 Å². The fraction of sp³-hybridized carbons (Fsp3) is 0. The van der Waals surface area contributed by atoms with Gasteiger partial charge < -0.3 is 5.73 Å². The molecule has 0 rings (SSSR count). The molecule has 0 aromatic heterocycles. The van der Waals surface area contributed by atoms with Crippen molar-refractivity contribution in [1.82, 2.24) is 1.33 Å². The van der Waals surface area contributed by atoms with E-state index in [1.54, 1.807) is 0 Å². The third kappa shape index (κ3) is 2.94. The van der Waals surface area contributed by atoms with Crippen molar-refractivity contribution in [1.29, 1.82) is 5.41 Å². The van der Waals surface area contributed by atoms with E-state index in [0.29, 0.717) is 0 Å². The number of nitrogens with one attached hydrogen (secondary N) is 1. The van der Waals surface area contributed by atoms with Crippen LogP contribution in [0.2, 0.25) is 0 Å². The number of guanidine groups is 1. The summed E-state index contributed by atoms with van der Waals surface area (Å²) in [7, 11) is 0. The van der Waals surface area contributed by atoms with Crippen LogP contribution in [0.15, 0.2) is 0 Å². The van der Waals surface area contributed by atoms with Gasteiger partial charge in [-0.3, -0.25) is 5.41 Å². The molecule has 0 heterocycles. The summed E-state index contributed by atoms with van der Waals surface area (Å²) in [5.74, 6) is 0.0659. The third-order valence-electron chi connectivity index (χ3n) is 0.182. The molecule has 0 aromatic rings. The molecular weight excluding hydrogens is 308 g/mol. The van der Waals surface area contributed by atoms with Gasteiger partial charge in [0.05, 0.1) is 45.7 Å². The van der Waals surface area contributed by atoms with Crippen molar-refractivity contribution in [2.75, 3.05) is 0 Å². The number of hydrogen-bond donors (Lipinski definition) is 2. The Balaban J connectivity index is 3.26. The lowest BCUT2D eigenvalue weighted by Crippen LogP contribution is -2.18. The van der Waals surface area contributed by atoms with Gasteiger partial charge in [-0.25, -0.2) is 1.33 Å². The van der Waals surface area contributed by atoms with E-state index in [9.17, 15) is 0 Å². The maximum Gasteiger partial charge on any atom is 0.206 e. The maximum atomic E-state index is 6.64. The van der Waals surface area contributed by atoms with E-state index in [2.05, 4.69) is 0 Å². The molecule has 0 radical (unpaired) electrons. The molecule has 3 N–H and O–H groups in total. The molecule has 0 aromatic carbocycles. The Morgan fingerprint density at radius 2 is 1.83 bits per heavy atom. The Morgan fingerprint density at radius 1 is 1.67 bits per heavy atom. The number of halogens is 2. The lowest BCUT2D eigenvalue weighted by molar-refractivity contribution is 1.19. The van der Waals surface area contributed by atoms with Gasteiger partial charge in [-0.05, 0) is 0 Å². The summed E-state index contributed by atoms with van der Waals surface area (Å²) < 4.78 is 1.47. The van der Waals surface area contributed by atoms with Gasteiger partial charge in [-0.15, -0.1) is 0 Å². The molecule has 0 aliphatic rings. The van der Waals surface area contributed by atoms with Crippen LogP contribution in [0.3, 0.4) is 0 Å². The summed E-state index contributed by atoms with van der Waals surface area (Å²) in [4.78, 5) is 0.